The average molecular weight is 263 g/mol. The second-order valence-electron chi connectivity index (χ2n) is 3.29. The molecular weight excluding hydrogens is 252 g/mol. The number of alkyl halides is 1. The lowest BCUT2D eigenvalue weighted by molar-refractivity contribution is 1.17. The van der Waals surface area contributed by atoms with Gasteiger partial charge in [-0.05, 0) is 25.1 Å². The summed E-state index contributed by atoms with van der Waals surface area (Å²) in [6.07, 6.45) is 0.875. The van der Waals surface area contributed by atoms with Crippen LogP contribution >= 0.6 is 15.9 Å². The Balaban J connectivity index is 2.35. The Morgan fingerprint density at radius 2 is 2.33 bits per heavy atom. The van der Waals surface area contributed by atoms with Gasteiger partial charge in [0.2, 0.25) is 0 Å². The first-order chi connectivity index (χ1) is 7.29. The Morgan fingerprint density at radius 1 is 1.47 bits per heavy atom. The van der Waals surface area contributed by atoms with Gasteiger partial charge in [0.05, 0.1) is 11.0 Å². The fourth-order valence-electron chi connectivity index (χ4n) is 1.43. The van der Waals surface area contributed by atoms with Crippen molar-refractivity contribution in [3.63, 3.8) is 0 Å². The van der Waals surface area contributed by atoms with Crippen LogP contribution in [0.5, 0.6) is 0 Å². The Labute approximate surface area is 97.2 Å². The van der Waals surface area contributed by atoms with E-state index >= 15 is 0 Å². The van der Waals surface area contributed by atoms with Crippen molar-refractivity contribution in [1.29, 1.82) is 0 Å². The number of halogens is 1. The van der Waals surface area contributed by atoms with Crippen LogP contribution in [0, 0.1) is 18.8 Å². The normalized spacial score (nSPS) is 10.0. The van der Waals surface area contributed by atoms with Crippen LogP contribution in [0.15, 0.2) is 18.2 Å². The van der Waals surface area contributed by atoms with Crippen LogP contribution in [-0.4, -0.2) is 15.3 Å². The van der Waals surface area contributed by atoms with E-state index in [1.807, 2.05) is 25.1 Å². The van der Waals surface area contributed by atoms with E-state index in [-0.39, 0.29) is 0 Å². The van der Waals surface area contributed by atoms with Gasteiger partial charge in [0.15, 0.2) is 0 Å². The molecule has 0 aliphatic rings. The number of rotatable bonds is 1. The summed E-state index contributed by atoms with van der Waals surface area (Å²) in [6.45, 7) is 1.95. The zero-order valence-electron chi connectivity index (χ0n) is 8.47. The second kappa shape index (κ2) is 4.50. The van der Waals surface area contributed by atoms with E-state index < -0.39 is 0 Å². The molecule has 0 bridgehead atoms. The molecule has 3 heteroatoms. The van der Waals surface area contributed by atoms with E-state index in [0.717, 1.165) is 34.2 Å². The molecule has 0 aliphatic carbocycles. The molecule has 0 atom stereocenters. The third-order valence-electron chi connectivity index (χ3n) is 2.05. The molecular formula is C12H11BrN2. The van der Waals surface area contributed by atoms with Crippen LogP contribution in [0.1, 0.15) is 17.8 Å². The lowest BCUT2D eigenvalue weighted by Crippen LogP contribution is -1.76. The summed E-state index contributed by atoms with van der Waals surface area (Å²) in [5, 5.41) is 0.922. The maximum Gasteiger partial charge on any atom is 0.104 e. The maximum absolute atomic E-state index is 4.34. The maximum atomic E-state index is 4.34. The minimum Gasteiger partial charge on any atom is -0.342 e. The van der Waals surface area contributed by atoms with Crippen molar-refractivity contribution in [2.75, 3.05) is 5.33 Å². The standard InChI is InChI=1S/C12H11BrN2/c1-9-14-11-6-5-10(4-2-3-7-13)8-12(11)15-9/h5-6,8H,3,7H2,1H3,(H,14,15). The van der Waals surface area contributed by atoms with Crippen LogP contribution in [0.25, 0.3) is 11.0 Å². The number of aromatic nitrogens is 2. The molecule has 2 rings (SSSR count). The Hall–Kier alpha value is -1.27. The smallest absolute Gasteiger partial charge is 0.104 e. The Kier molecular flexibility index (Phi) is 3.08. The highest BCUT2D eigenvalue weighted by molar-refractivity contribution is 9.09. The first-order valence-corrected chi connectivity index (χ1v) is 5.93. The van der Waals surface area contributed by atoms with E-state index in [4.69, 9.17) is 0 Å². The highest BCUT2D eigenvalue weighted by Crippen LogP contribution is 2.12. The largest absolute Gasteiger partial charge is 0.342 e. The SMILES string of the molecule is Cc1nc2ccc(C#CCCBr)cc2[nH]1. The third-order valence-corrected chi connectivity index (χ3v) is 2.45. The fourth-order valence-corrected chi connectivity index (χ4v) is 1.62. The molecule has 0 radical (unpaired) electrons. The monoisotopic (exact) mass is 262 g/mol. The number of aromatic amines is 1. The number of aryl methyl sites for hydroxylation is 1. The lowest BCUT2D eigenvalue weighted by Gasteiger charge is -1.90. The Morgan fingerprint density at radius 3 is 3.13 bits per heavy atom. The van der Waals surface area contributed by atoms with Gasteiger partial charge in [0.1, 0.15) is 5.82 Å². The second-order valence-corrected chi connectivity index (χ2v) is 4.09. The fraction of sp³-hybridized carbons (Fsp3) is 0.250. The number of H-pyrrole nitrogens is 1. The molecule has 0 saturated heterocycles. The van der Waals surface area contributed by atoms with Crippen molar-refractivity contribution in [3.05, 3.63) is 29.6 Å². The lowest BCUT2D eigenvalue weighted by atomic mass is 10.2. The van der Waals surface area contributed by atoms with Crippen LogP contribution < -0.4 is 0 Å². The molecule has 0 unspecified atom stereocenters. The van der Waals surface area contributed by atoms with Crippen LogP contribution in [0.3, 0.4) is 0 Å². The highest BCUT2D eigenvalue weighted by Gasteiger charge is 1.98. The molecule has 0 fully saturated rings. The zero-order chi connectivity index (χ0) is 10.7. The molecule has 1 heterocycles. The summed E-state index contributed by atoms with van der Waals surface area (Å²) in [5.41, 5.74) is 3.09. The van der Waals surface area contributed by atoms with E-state index in [0.29, 0.717) is 0 Å². The van der Waals surface area contributed by atoms with Gasteiger partial charge >= 0.3 is 0 Å². The quantitative estimate of drug-likeness (QED) is 0.621. The summed E-state index contributed by atoms with van der Waals surface area (Å²) in [7, 11) is 0. The van der Waals surface area contributed by atoms with Gasteiger partial charge in [0.25, 0.3) is 0 Å². The van der Waals surface area contributed by atoms with Gasteiger partial charge in [-0.1, -0.05) is 27.8 Å². The molecule has 0 aliphatic heterocycles. The van der Waals surface area contributed by atoms with E-state index in [9.17, 15) is 0 Å². The molecule has 0 saturated carbocycles. The highest BCUT2D eigenvalue weighted by atomic mass is 79.9. The summed E-state index contributed by atoms with van der Waals surface area (Å²) in [4.78, 5) is 7.54. The number of nitrogens with zero attached hydrogens (tertiary/aromatic N) is 1. The Bertz CT molecular complexity index is 531. The topological polar surface area (TPSA) is 28.7 Å². The molecule has 2 nitrogen and oxygen atoms in total. The zero-order valence-corrected chi connectivity index (χ0v) is 10.1. The summed E-state index contributed by atoms with van der Waals surface area (Å²) < 4.78 is 0. The molecule has 2 aromatic rings. The third kappa shape index (κ3) is 2.40. The first kappa shape index (κ1) is 10.3. The average Bonchev–Trinajstić information content (AvgIpc) is 2.57. The number of fused-ring (bicyclic) bond motifs is 1. The van der Waals surface area contributed by atoms with E-state index in [1.165, 1.54) is 0 Å². The predicted molar refractivity (Wildman–Crippen MR) is 66.1 cm³/mol. The van der Waals surface area contributed by atoms with Gasteiger partial charge < -0.3 is 4.98 Å². The van der Waals surface area contributed by atoms with Gasteiger partial charge in [-0.15, -0.1) is 0 Å². The van der Waals surface area contributed by atoms with Crippen molar-refractivity contribution >= 4 is 27.0 Å². The van der Waals surface area contributed by atoms with Crippen molar-refractivity contribution in [3.8, 4) is 11.8 Å². The summed E-state index contributed by atoms with van der Waals surface area (Å²) in [5.74, 6) is 7.15. The van der Waals surface area contributed by atoms with Gasteiger partial charge in [-0.25, -0.2) is 4.98 Å². The summed E-state index contributed by atoms with van der Waals surface area (Å²) >= 11 is 3.35. The first-order valence-electron chi connectivity index (χ1n) is 4.81. The molecule has 1 N–H and O–H groups in total. The van der Waals surface area contributed by atoms with Crippen molar-refractivity contribution < 1.29 is 0 Å². The molecule has 0 spiro atoms. The van der Waals surface area contributed by atoms with E-state index in [1.54, 1.807) is 0 Å². The minimum absolute atomic E-state index is 0.875. The minimum atomic E-state index is 0.875. The van der Waals surface area contributed by atoms with Gasteiger partial charge in [-0.3, -0.25) is 0 Å². The number of nitrogens with one attached hydrogen (secondary N) is 1. The van der Waals surface area contributed by atoms with Gasteiger partial charge in [0, 0.05) is 17.3 Å². The molecule has 1 aromatic heterocycles. The molecule has 0 amide bonds. The van der Waals surface area contributed by atoms with Crippen LogP contribution in [-0.2, 0) is 0 Å². The summed E-state index contributed by atoms with van der Waals surface area (Å²) in [6, 6.07) is 6.04. The van der Waals surface area contributed by atoms with Crippen LogP contribution in [0.4, 0.5) is 0 Å². The van der Waals surface area contributed by atoms with Gasteiger partial charge in [-0.2, -0.15) is 0 Å². The van der Waals surface area contributed by atoms with Crippen LogP contribution in [0.2, 0.25) is 0 Å². The number of imidazole rings is 1. The number of hydrogen-bond donors (Lipinski definition) is 1. The number of benzene rings is 1. The molecule has 15 heavy (non-hydrogen) atoms. The molecule has 76 valence electrons. The van der Waals surface area contributed by atoms with E-state index in [2.05, 4.69) is 37.7 Å². The van der Waals surface area contributed by atoms with Crippen molar-refractivity contribution in [1.82, 2.24) is 9.97 Å². The number of hydrogen-bond acceptors (Lipinski definition) is 1. The van der Waals surface area contributed by atoms with Crippen molar-refractivity contribution in [2.45, 2.75) is 13.3 Å². The molecule has 1 aromatic carbocycles. The van der Waals surface area contributed by atoms with Crippen molar-refractivity contribution in [2.24, 2.45) is 0 Å². The predicted octanol–water partition coefficient (Wildman–Crippen LogP) is 3.01.